The first-order chi connectivity index (χ1) is 16.1. The van der Waals surface area contributed by atoms with Gasteiger partial charge < -0.3 is 9.72 Å². The summed E-state index contributed by atoms with van der Waals surface area (Å²) in [5.74, 6) is -0.0115. The lowest BCUT2D eigenvalue weighted by molar-refractivity contribution is 0.0976. The van der Waals surface area contributed by atoms with Gasteiger partial charge in [-0.2, -0.15) is 0 Å². The number of nitrogens with one attached hydrogen (secondary N) is 2. The van der Waals surface area contributed by atoms with Gasteiger partial charge in [0.05, 0.1) is 12.0 Å². The van der Waals surface area contributed by atoms with Crippen LogP contribution in [0.2, 0.25) is 0 Å². The number of H-pyrrole nitrogens is 1. The van der Waals surface area contributed by atoms with Crippen molar-refractivity contribution in [1.29, 1.82) is 0 Å². The molecule has 0 aliphatic heterocycles. The molecule has 8 heteroatoms. The Morgan fingerprint density at radius 1 is 1.03 bits per heavy atom. The van der Waals surface area contributed by atoms with Gasteiger partial charge in [0.1, 0.15) is 11.4 Å². The molecule has 2 aromatic heterocycles. The number of benzene rings is 2. The van der Waals surface area contributed by atoms with E-state index in [0.29, 0.717) is 12.1 Å². The van der Waals surface area contributed by atoms with Gasteiger partial charge in [0.25, 0.3) is 15.9 Å². The van der Waals surface area contributed by atoms with Gasteiger partial charge >= 0.3 is 0 Å². The highest BCUT2D eigenvalue weighted by Crippen LogP contribution is 2.34. The largest absolute Gasteiger partial charge is 0.497 e. The topological polar surface area (TPSA) is 101 Å². The van der Waals surface area contributed by atoms with E-state index in [1.807, 2.05) is 24.3 Å². The maximum Gasteiger partial charge on any atom is 0.283 e. The second-order valence-corrected chi connectivity index (χ2v) is 10.8. The summed E-state index contributed by atoms with van der Waals surface area (Å²) in [5.41, 5.74) is 3.65. The second-order valence-electron chi connectivity index (χ2n) is 9.08. The first kappa shape index (κ1) is 23.5. The van der Waals surface area contributed by atoms with Crippen molar-refractivity contribution >= 4 is 26.8 Å². The lowest BCUT2D eigenvalue weighted by atomic mass is 9.87. The van der Waals surface area contributed by atoms with Crippen LogP contribution in [0.25, 0.3) is 10.9 Å². The molecule has 0 atom stereocenters. The number of aromatic amines is 1. The number of amides is 1. The van der Waals surface area contributed by atoms with E-state index in [0.717, 1.165) is 27.9 Å². The summed E-state index contributed by atoms with van der Waals surface area (Å²) in [6.07, 6.45) is 0.478. The number of aromatic nitrogens is 2. The summed E-state index contributed by atoms with van der Waals surface area (Å²) in [6, 6.07) is 18.7. The third-order valence-corrected chi connectivity index (χ3v) is 6.89. The molecule has 4 rings (SSSR count). The van der Waals surface area contributed by atoms with Crippen LogP contribution < -0.4 is 9.46 Å². The van der Waals surface area contributed by atoms with Crippen molar-refractivity contribution in [3.8, 4) is 5.75 Å². The molecule has 0 aliphatic carbocycles. The van der Waals surface area contributed by atoms with Gasteiger partial charge in [-0.3, -0.25) is 4.79 Å². The molecule has 0 saturated carbocycles. The number of hydrogen-bond acceptors (Lipinski definition) is 5. The van der Waals surface area contributed by atoms with Gasteiger partial charge in [-0.25, -0.2) is 18.1 Å². The van der Waals surface area contributed by atoms with Gasteiger partial charge in [0.2, 0.25) is 0 Å². The zero-order chi connectivity index (χ0) is 24.5. The Morgan fingerprint density at radius 3 is 2.44 bits per heavy atom. The molecule has 2 heterocycles. The minimum absolute atomic E-state index is 0.0172. The van der Waals surface area contributed by atoms with E-state index in [1.54, 1.807) is 31.4 Å². The zero-order valence-electron chi connectivity index (χ0n) is 19.5. The molecule has 0 bridgehead atoms. The SMILES string of the molecule is COc1ccc2c(Cc3cccc(C(=O)NS(=O)(=O)c4ccccc4)n3)c(C(C)(C)C)[nH]c2c1. The fraction of sp³-hybridized carbons (Fsp3) is 0.231. The van der Waals surface area contributed by atoms with Crippen LogP contribution in [-0.4, -0.2) is 31.4 Å². The number of rotatable bonds is 6. The Bertz CT molecular complexity index is 1450. The van der Waals surface area contributed by atoms with Crippen LogP contribution in [0.1, 0.15) is 48.2 Å². The summed E-state index contributed by atoms with van der Waals surface area (Å²) in [5, 5.41) is 1.05. The van der Waals surface area contributed by atoms with Crippen LogP contribution in [0, 0.1) is 0 Å². The highest BCUT2D eigenvalue weighted by Gasteiger charge is 2.24. The maximum atomic E-state index is 12.7. The molecule has 1 amide bonds. The summed E-state index contributed by atoms with van der Waals surface area (Å²) in [6.45, 7) is 6.39. The summed E-state index contributed by atoms with van der Waals surface area (Å²) in [4.78, 5) is 20.7. The molecular weight excluding hydrogens is 450 g/mol. The van der Waals surface area contributed by atoms with Crippen molar-refractivity contribution in [2.45, 2.75) is 37.5 Å². The third-order valence-electron chi connectivity index (χ3n) is 5.54. The number of carbonyl (C=O) groups is 1. The number of nitrogens with zero attached hydrogens (tertiary/aromatic N) is 1. The fourth-order valence-corrected chi connectivity index (χ4v) is 4.89. The predicted octanol–water partition coefficient (Wildman–Crippen LogP) is 4.58. The van der Waals surface area contributed by atoms with Gasteiger partial charge in [-0.1, -0.05) is 45.0 Å². The van der Waals surface area contributed by atoms with E-state index in [2.05, 4.69) is 35.5 Å². The van der Waals surface area contributed by atoms with E-state index >= 15 is 0 Å². The van der Waals surface area contributed by atoms with Crippen LogP contribution >= 0.6 is 0 Å². The van der Waals surface area contributed by atoms with Crippen molar-refractivity contribution in [1.82, 2.24) is 14.7 Å². The average Bonchev–Trinajstić information content (AvgIpc) is 3.17. The lowest BCUT2D eigenvalue weighted by Gasteiger charge is -2.19. The molecule has 2 N–H and O–H groups in total. The summed E-state index contributed by atoms with van der Waals surface area (Å²) in [7, 11) is -2.36. The minimum atomic E-state index is -3.99. The second kappa shape index (κ2) is 8.95. The van der Waals surface area contributed by atoms with Crippen molar-refractivity contribution in [2.24, 2.45) is 0 Å². The molecule has 4 aromatic rings. The normalized spacial score (nSPS) is 12.0. The number of pyridine rings is 1. The molecule has 0 saturated heterocycles. The highest BCUT2D eigenvalue weighted by molar-refractivity contribution is 7.90. The van der Waals surface area contributed by atoms with Crippen LogP contribution in [0.15, 0.2) is 71.6 Å². The minimum Gasteiger partial charge on any atom is -0.497 e. The number of fused-ring (bicyclic) bond motifs is 1. The van der Waals surface area contributed by atoms with Crippen molar-refractivity contribution in [3.05, 3.63) is 89.4 Å². The van der Waals surface area contributed by atoms with Crippen LogP contribution in [0.3, 0.4) is 0 Å². The summed E-state index contributed by atoms with van der Waals surface area (Å²) >= 11 is 0. The number of sulfonamides is 1. The van der Waals surface area contributed by atoms with Crippen molar-refractivity contribution < 1.29 is 17.9 Å². The first-order valence-corrected chi connectivity index (χ1v) is 12.3. The molecule has 0 aliphatic rings. The van der Waals surface area contributed by atoms with Crippen LogP contribution in [0.5, 0.6) is 5.75 Å². The van der Waals surface area contributed by atoms with Crippen molar-refractivity contribution in [3.63, 3.8) is 0 Å². The van der Waals surface area contributed by atoms with E-state index in [4.69, 9.17) is 4.74 Å². The summed E-state index contributed by atoms with van der Waals surface area (Å²) < 4.78 is 32.5. The van der Waals surface area contributed by atoms with E-state index in [-0.39, 0.29) is 16.0 Å². The van der Waals surface area contributed by atoms with Gasteiger partial charge in [0, 0.05) is 40.2 Å². The monoisotopic (exact) mass is 477 g/mol. The first-order valence-electron chi connectivity index (χ1n) is 10.9. The Morgan fingerprint density at radius 2 is 1.76 bits per heavy atom. The molecule has 0 spiro atoms. The predicted molar refractivity (Wildman–Crippen MR) is 132 cm³/mol. The molecule has 0 unspecified atom stereocenters. The Hall–Kier alpha value is -3.65. The molecule has 2 aromatic carbocycles. The lowest BCUT2D eigenvalue weighted by Crippen LogP contribution is -2.31. The smallest absolute Gasteiger partial charge is 0.283 e. The Balaban J connectivity index is 1.66. The highest BCUT2D eigenvalue weighted by atomic mass is 32.2. The average molecular weight is 478 g/mol. The molecular formula is C26H27N3O4S. The fourth-order valence-electron chi connectivity index (χ4n) is 3.90. The van der Waals surface area contributed by atoms with E-state index in [1.165, 1.54) is 18.2 Å². The third kappa shape index (κ3) is 4.82. The van der Waals surface area contributed by atoms with E-state index < -0.39 is 15.9 Å². The van der Waals surface area contributed by atoms with Crippen LogP contribution in [0.4, 0.5) is 0 Å². The van der Waals surface area contributed by atoms with Gasteiger partial charge in [-0.15, -0.1) is 0 Å². The number of methoxy groups -OCH3 is 1. The molecule has 0 fully saturated rings. The molecule has 0 radical (unpaired) electrons. The zero-order valence-corrected chi connectivity index (χ0v) is 20.4. The maximum absolute atomic E-state index is 12.7. The standard InChI is InChI=1S/C26H27N3O4S/c1-26(2,3)24-21(20-14-13-18(33-4)16-23(20)28-24)15-17-9-8-12-22(27-17)25(30)29-34(31,32)19-10-6-5-7-11-19/h5-14,16,28H,15H2,1-4H3,(H,29,30). The molecule has 7 nitrogen and oxygen atoms in total. The Kier molecular flexibility index (Phi) is 6.18. The Labute approximate surface area is 199 Å². The number of ether oxygens (including phenoxy) is 1. The molecule has 176 valence electrons. The quantitative estimate of drug-likeness (QED) is 0.423. The van der Waals surface area contributed by atoms with E-state index in [9.17, 15) is 13.2 Å². The number of carbonyl (C=O) groups excluding carboxylic acids is 1. The van der Waals surface area contributed by atoms with Crippen LogP contribution in [-0.2, 0) is 21.9 Å². The van der Waals surface area contributed by atoms with Crippen molar-refractivity contribution in [2.75, 3.05) is 7.11 Å². The van der Waals surface area contributed by atoms with Gasteiger partial charge in [0.15, 0.2) is 0 Å². The molecule has 34 heavy (non-hydrogen) atoms. The number of hydrogen-bond donors (Lipinski definition) is 2. The van der Waals surface area contributed by atoms with Gasteiger partial charge in [-0.05, 0) is 42.0 Å².